The van der Waals surface area contributed by atoms with Gasteiger partial charge in [0.2, 0.25) is 0 Å². The lowest BCUT2D eigenvalue weighted by Gasteiger charge is -2.19. The van der Waals surface area contributed by atoms with E-state index in [4.69, 9.17) is 9.84 Å². The molecule has 1 N–H and O–H groups in total. The van der Waals surface area contributed by atoms with Crippen molar-refractivity contribution in [3.05, 3.63) is 18.2 Å². The van der Waals surface area contributed by atoms with Crippen molar-refractivity contribution >= 4 is 5.97 Å². The van der Waals surface area contributed by atoms with E-state index in [-0.39, 0.29) is 6.61 Å². The van der Waals surface area contributed by atoms with Crippen LogP contribution in [0.4, 0.5) is 0 Å². The van der Waals surface area contributed by atoms with Crippen LogP contribution in [0, 0.1) is 0 Å². The van der Waals surface area contributed by atoms with Crippen molar-refractivity contribution in [1.82, 2.24) is 9.97 Å². The van der Waals surface area contributed by atoms with E-state index in [0.29, 0.717) is 11.7 Å². The summed E-state index contributed by atoms with van der Waals surface area (Å²) in [7, 11) is 0. The number of carboxylic acids is 1. The molecule has 2 rings (SSSR count). The second kappa shape index (κ2) is 5.61. The molecule has 92 valence electrons. The molecule has 0 saturated heterocycles. The minimum Gasteiger partial charge on any atom is -0.479 e. The first-order valence-corrected chi connectivity index (χ1v) is 5.92. The molecule has 0 spiro atoms. The van der Waals surface area contributed by atoms with Gasteiger partial charge in [0.05, 0.1) is 12.4 Å². The van der Waals surface area contributed by atoms with Crippen LogP contribution in [0.2, 0.25) is 0 Å². The fourth-order valence-electron chi connectivity index (χ4n) is 2.12. The average molecular weight is 236 g/mol. The van der Waals surface area contributed by atoms with Crippen LogP contribution >= 0.6 is 0 Å². The minimum absolute atomic E-state index is 0.355. The summed E-state index contributed by atoms with van der Waals surface area (Å²) < 4.78 is 4.99. The fraction of sp³-hybridized carbons (Fsp3) is 0.583. The Kier molecular flexibility index (Phi) is 3.90. The van der Waals surface area contributed by atoms with Crippen molar-refractivity contribution in [2.75, 3.05) is 6.61 Å². The maximum Gasteiger partial charge on any atom is 0.341 e. The quantitative estimate of drug-likeness (QED) is 0.865. The number of carboxylic acid groups (broad SMARTS) is 1. The van der Waals surface area contributed by atoms with Gasteiger partial charge in [-0.15, -0.1) is 0 Å². The van der Waals surface area contributed by atoms with Crippen LogP contribution in [0.5, 0.6) is 5.75 Å². The van der Waals surface area contributed by atoms with Gasteiger partial charge in [0.1, 0.15) is 5.82 Å². The molecule has 5 heteroatoms. The smallest absolute Gasteiger partial charge is 0.341 e. The van der Waals surface area contributed by atoms with Gasteiger partial charge in [-0.25, -0.2) is 14.8 Å². The van der Waals surface area contributed by atoms with E-state index in [0.717, 1.165) is 18.7 Å². The number of carbonyl (C=O) groups is 1. The number of hydrogen-bond donors (Lipinski definition) is 1. The van der Waals surface area contributed by atoms with Crippen LogP contribution in [0.3, 0.4) is 0 Å². The van der Waals surface area contributed by atoms with E-state index < -0.39 is 5.97 Å². The third-order valence-corrected chi connectivity index (χ3v) is 2.98. The van der Waals surface area contributed by atoms with E-state index in [9.17, 15) is 4.79 Å². The van der Waals surface area contributed by atoms with Gasteiger partial charge in [-0.1, -0.05) is 19.3 Å². The Morgan fingerprint density at radius 1 is 1.29 bits per heavy atom. The third kappa shape index (κ3) is 3.41. The summed E-state index contributed by atoms with van der Waals surface area (Å²) in [4.78, 5) is 18.8. The molecule has 0 radical (unpaired) electrons. The molecule has 1 heterocycles. The van der Waals surface area contributed by atoms with Crippen LogP contribution in [0.15, 0.2) is 12.4 Å². The van der Waals surface area contributed by atoms with Crippen molar-refractivity contribution in [1.29, 1.82) is 0 Å². The maximum atomic E-state index is 10.3. The zero-order valence-electron chi connectivity index (χ0n) is 9.63. The molecule has 0 aromatic carbocycles. The van der Waals surface area contributed by atoms with E-state index in [1.807, 2.05) is 0 Å². The van der Waals surface area contributed by atoms with Crippen LogP contribution in [-0.2, 0) is 4.79 Å². The maximum absolute atomic E-state index is 10.3. The normalized spacial score (nSPS) is 16.7. The van der Waals surface area contributed by atoms with Crippen molar-refractivity contribution < 1.29 is 14.6 Å². The summed E-state index contributed by atoms with van der Waals surface area (Å²) in [6.07, 6.45) is 9.19. The number of ether oxygens (including phenoxy) is 1. The standard InChI is InChI=1S/C12H16N2O3/c15-11(16)8-17-10-6-13-12(14-7-10)9-4-2-1-3-5-9/h6-7,9H,1-5,8H2,(H,15,16). The van der Waals surface area contributed by atoms with Gasteiger partial charge < -0.3 is 9.84 Å². The Labute approximate surface area is 99.9 Å². The number of nitrogens with zero attached hydrogens (tertiary/aromatic N) is 2. The van der Waals surface area contributed by atoms with E-state index in [1.165, 1.54) is 19.3 Å². The summed E-state index contributed by atoms with van der Waals surface area (Å²) >= 11 is 0. The van der Waals surface area contributed by atoms with Crippen molar-refractivity contribution in [2.45, 2.75) is 38.0 Å². The van der Waals surface area contributed by atoms with Gasteiger partial charge in [-0.3, -0.25) is 0 Å². The molecule has 0 atom stereocenters. The zero-order valence-corrected chi connectivity index (χ0v) is 9.63. The van der Waals surface area contributed by atoms with E-state index in [1.54, 1.807) is 12.4 Å². The SMILES string of the molecule is O=C(O)COc1cnc(C2CCCCC2)nc1. The van der Waals surface area contributed by atoms with Gasteiger partial charge in [0.25, 0.3) is 0 Å². The topological polar surface area (TPSA) is 72.3 Å². The first kappa shape index (κ1) is 11.8. The summed E-state index contributed by atoms with van der Waals surface area (Å²) in [6.45, 7) is -0.355. The van der Waals surface area contributed by atoms with Crippen molar-refractivity contribution in [2.24, 2.45) is 0 Å². The predicted molar refractivity (Wildman–Crippen MR) is 61.0 cm³/mol. The van der Waals surface area contributed by atoms with Crippen LogP contribution in [0.1, 0.15) is 43.8 Å². The molecule has 0 bridgehead atoms. The predicted octanol–water partition coefficient (Wildman–Crippen LogP) is 1.99. The van der Waals surface area contributed by atoms with Gasteiger partial charge in [-0.2, -0.15) is 0 Å². The summed E-state index contributed by atoms with van der Waals surface area (Å²) in [5.74, 6) is 0.720. The Hall–Kier alpha value is -1.65. The number of hydrogen-bond acceptors (Lipinski definition) is 4. The highest BCUT2D eigenvalue weighted by molar-refractivity contribution is 5.68. The van der Waals surface area contributed by atoms with Crippen LogP contribution in [-0.4, -0.2) is 27.7 Å². The summed E-state index contributed by atoms with van der Waals surface area (Å²) in [5, 5.41) is 8.47. The number of aromatic nitrogens is 2. The lowest BCUT2D eigenvalue weighted by molar-refractivity contribution is -0.139. The van der Waals surface area contributed by atoms with Gasteiger partial charge >= 0.3 is 5.97 Å². The highest BCUT2D eigenvalue weighted by Gasteiger charge is 2.17. The molecular weight excluding hydrogens is 220 g/mol. The molecule has 1 fully saturated rings. The molecule has 1 aliphatic rings. The van der Waals surface area contributed by atoms with Crippen molar-refractivity contribution in [3.8, 4) is 5.75 Å². The molecule has 1 aromatic rings. The summed E-state index contributed by atoms with van der Waals surface area (Å²) in [6, 6.07) is 0. The van der Waals surface area contributed by atoms with E-state index in [2.05, 4.69) is 9.97 Å². The van der Waals surface area contributed by atoms with Crippen LogP contribution < -0.4 is 4.74 Å². The second-order valence-electron chi connectivity index (χ2n) is 4.29. The molecule has 0 amide bonds. The van der Waals surface area contributed by atoms with Gasteiger partial charge in [0.15, 0.2) is 12.4 Å². The molecular formula is C12H16N2O3. The number of rotatable bonds is 4. The lowest BCUT2D eigenvalue weighted by Crippen LogP contribution is -2.11. The zero-order chi connectivity index (χ0) is 12.1. The van der Waals surface area contributed by atoms with Gasteiger partial charge in [0, 0.05) is 5.92 Å². The first-order chi connectivity index (χ1) is 8.25. The molecule has 1 aromatic heterocycles. The molecule has 5 nitrogen and oxygen atoms in total. The molecule has 1 aliphatic carbocycles. The largest absolute Gasteiger partial charge is 0.479 e. The average Bonchev–Trinajstić information content (AvgIpc) is 2.38. The fourth-order valence-corrected chi connectivity index (χ4v) is 2.12. The lowest BCUT2D eigenvalue weighted by atomic mass is 9.89. The Balaban J connectivity index is 1.94. The molecule has 17 heavy (non-hydrogen) atoms. The molecule has 0 unspecified atom stereocenters. The van der Waals surface area contributed by atoms with Crippen molar-refractivity contribution in [3.63, 3.8) is 0 Å². The minimum atomic E-state index is -0.999. The van der Waals surface area contributed by atoms with E-state index >= 15 is 0 Å². The molecule has 0 aliphatic heterocycles. The highest BCUT2D eigenvalue weighted by atomic mass is 16.5. The third-order valence-electron chi connectivity index (χ3n) is 2.98. The first-order valence-electron chi connectivity index (χ1n) is 5.92. The van der Waals surface area contributed by atoms with Gasteiger partial charge in [-0.05, 0) is 12.8 Å². The Morgan fingerprint density at radius 2 is 1.94 bits per heavy atom. The van der Waals surface area contributed by atoms with Crippen LogP contribution in [0.25, 0.3) is 0 Å². The molecule has 1 saturated carbocycles. The second-order valence-corrected chi connectivity index (χ2v) is 4.29. The Bertz CT molecular complexity index is 372. The number of aliphatic carboxylic acids is 1. The summed E-state index contributed by atoms with van der Waals surface area (Å²) in [5.41, 5.74) is 0. The Morgan fingerprint density at radius 3 is 2.53 bits per heavy atom. The monoisotopic (exact) mass is 236 g/mol. The highest BCUT2D eigenvalue weighted by Crippen LogP contribution is 2.30.